The summed E-state index contributed by atoms with van der Waals surface area (Å²) < 4.78 is 28.5. The highest BCUT2D eigenvalue weighted by Gasteiger charge is 2.33. The predicted molar refractivity (Wildman–Crippen MR) is 165 cm³/mol. The third kappa shape index (κ3) is 6.86. The lowest BCUT2D eigenvalue weighted by atomic mass is 9.96. The Labute approximate surface area is 246 Å². The molecule has 2 N–H and O–H groups in total. The standard InChI is InChI=1S/C33H35N3O5S/c1-5-36(6-2)33(39)29(31(37)35-42(40,41)28-19-16-25-12-7-8-13-26(25)21-28)20-24-14-17-27(18-15-24)34-32(38)30-22(3)10-9-11-23(30)4/h7-19,21,29H,5-6,20H2,1-4H3,(H,34,38)(H,35,37). The summed E-state index contributed by atoms with van der Waals surface area (Å²) in [6, 6.07) is 24.4. The Morgan fingerprint density at radius 1 is 0.786 bits per heavy atom. The minimum atomic E-state index is -4.23. The zero-order valence-corrected chi connectivity index (χ0v) is 25.0. The maximum absolute atomic E-state index is 13.4. The molecule has 1 atom stereocenters. The lowest BCUT2D eigenvalue weighted by Crippen LogP contribution is -2.46. The van der Waals surface area contributed by atoms with Gasteiger partial charge in [0.05, 0.1) is 4.90 Å². The number of sulfonamides is 1. The zero-order valence-electron chi connectivity index (χ0n) is 24.2. The van der Waals surface area contributed by atoms with Gasteiger partial charge in [-0.3, -0.25) is 14.4 Å². The van der Waals surface area contributed by atoms with Gasteiger partial charge in [-0.2, -0.15) is 0 Å². The van der Waals surface area contributed by atoms with Crippen molar-refractivity contribution in [2.24, 2.45) is 5.92 Å². The van der Waals surface area contributed by atoms with E-state index in [9.17, 15) is 22.8 Å². The van der Waals surface area contributed by atoms with Gasteiger partial charge in [0, 0.05) is 24.3 Å². The molecule has 0 aliphatic rings. The van der Waals surface area contributed by atoms with E-state index in [-0.39, 0.29) is 17.2 Å². The van der Waals surface area contributed by atoms with Crippen molar-refractivity contribution in [1.82, 2.24) is 9.62 Å². The monoisotopic (exact) mass is 585 g/mol. The van der Waals surface area contributed by atoms with Crippen LogP contribution in [0.2, 0.25) is 0 Å². The molecule has 3 amide bonds. The molecule has 218 valence electrons. The Bertz CT molecular complexity index is 1710. The summed E-state index contributed by atoms with van der Waals surface area (Å²) in [4.78, 5) is 41.1. The largest absolute Gasteiger partial charge is 0.343 e. The molecule has 1 unspecified atom stereocenters. The fourth-order valence-electron chi connectivity index (χ4n) is 4.97. The number of fused-ring (bicyclic) bond motifs is 1. The molecule has 0 fully saturated rings. The highest BCUT2D eigenvalue weighted by Crippen LogP contribution is 2.22. The van der Waals surface area contributed by atoms with Crippen LogP contribution in [0.5, 0.6) is 0 Å². The van der Waals surface area contributed by atoms with Crippen LogP contribution >= 0.6 is 0 Å². The van der Waals surface area contributed by atoms with Gasteiger partial charge in [-0.1, -0.05) is 60.7 Å². The van der Waals surface area contributed by atoms with E-state index in [1.54, 1.807) is 56.3 Å². The van der Waals surface area contributed by atoms with Gasteiger partial charge in [0.1, 0.15) is 5.92 Å². The van der Waals surface area contributed by atoms with Crippen LogP contribution < -0.4 is 10.0 Å². The van der Waals surface area contributed by atoms with Gasteiger partial charge >= 0.3 is 0 Å². The van der Waals surface area contributed by atoms with Crippen LogP contribution in [-0.2, 0) is 26.0 Å². The van der Waals surface area contributed by atoms with E-state index in [2.05, 4.69) is 10.0 Å². The number of amides is 3. The van der Waals surface area contributed by atoms with Crippen LogP contribution in [0.3, 0.4) is 0 Å². The maximum atomic E-state index is 13.4. The molecule has 0 saturated heterocycles. The average Bonchev–Trinajstić information content (AvgIpc) is 2.96. The third-order valence-corrected chi connectivity index (χ3v) is 8.66. The first-order valence-corrected chi connectivity index (χ1v) is 15.3. The lowest BCUT2D eigenvalue weighted by molar-refractivity contribution is -0.141. The minimum absolute atomic E-state index is 0.0144. The predicted octanol–water partition coefficient (Wildman–Crippen LogP) is 5.24. The van der Waals surface area contributed by atoms with Gasteiger partial charge in [-0.15, -0.1) is 0 Å². The smallest absolute Gasteiger partial charge is 0.264 e. The van der Waals surface area contributed by atoms with Crippen LogP contribution in [0.1, 0.15) is 40.9 Å². The summed E-state index contributed by atoms with van der Waals surface area (Å²) in [6.07, 6.45) is -0.0144. The highest BCUT2D eigenvalue weighted by molar-refractivity contribution is 7.90. The summed E-state index contributed by atoms with van der Waals surface area (Å²) in [5, 5.41) is 4.47. The average molecular weight is 586 g/mol. The zero-order chi connectivity index (χ0) is 30.4. The highest BCUT2D eigenvalue weighted by atomic mass is 32.2. The third-order valence-electron chi connectivity index (χ3n) is 7.32. The molecule has 9 heteroatoms. The van der Waals surface area contributed by atoms with Crippen molar-refractivity contribution in [3.05, 3.63) is 107 Å². The molecule has 0 aliphatic carbocycles. The SMILES string of the molecule is CCN(CC)C(=O)C(Cc1ccc(NC(=O)c2c(C)cccc2C)cc1)C(=O)NS(=O)(=O)c1ccc2ccccc2c1. The van der Waals surface area contributed by atoms with Crippen LogP contribution in [0.4, 0.5) is 5.69 Å². The van der Waals surface area contributed by atoms with Gasteiger partial charge in [-0.25, -0.2) is 13.1 Å². The van der Waals surface area contributed by atoms with E-state index in [1.807, 2.05) is 44.2 Å². The number of carbonyl (C=O) groups is 3. The second kappa shape index (κ2) is 13.0. The van der Waals surface area contributed by atoms with E-state index in [1.165, 1.54) is 17.0 Å². The molecule has 0 saturated carbocycles. The number of nitrogens with zero attached hydrogens (tertiary/aromatic N) is 1. The molecule has 4 aromatic rings. The molecule has 4 aromatic carbocycles. The first-order chi connectivity index (χ1) is 20.0. The normalized spacial score (nSPS) is 12.0. The molecule has 0 aliphatic heterocycles. The lowest BCUT2D eigenvalue weighted by Gasteiger charge is -2.25. The van der Waals surface area contributed by atoms with Gasteiger partial charge in [0.25, 0.3) is 15.9 Å². The summed E-state index contributed by atoms with van der Waals surface area (Å²) in [5.74, 6) is -2.85. The molecule has 0 spiro atoms. The topological polar surface area (TPSA) is 113 Å². The molecule has 8 nitrogen and oxygen atoms in total. The van der Waals surface area contributed by atoms with E-state index >= 15 is 0 Å². The van der Waals surface area contributed by atoms with E-state index in [0.29, 0.717) is 35.3 Å². The van der Waals surface area contributed by atoms with Crippen molar-refractivity contribution < 1.29 is 22.8 Å². The molecular weight excluding hydrogens is 550 g/mol. The fourth-order valence-corrected chi connectivity index (χ4v) is 6.03. The summed E-state index contributed by atoms with van der Waals surface area (Å²) >= 11 is 0. The maximum Gasteiger partial charge on any atom is 0.264 e. The first-order valence-electron chi connectivity index (χ1n) is 13.8. The molecule has 4 rings (SSSR count). The van der Waals surface area contributed by atoms with Crippen molar-refractivity contribution >= 4 is 44.2 Å². The van der Waals surface area contributed by atoms with E-state index < -0.39 is 27.8 Å². The summed E-state index contributed by atoms with van der Waals surface area (Å²) in [6.45, 7) is 8.11. The van der Waals surface area contributed by atoms with Gasteiger partial charge in [0.2, 0.25) is 11.8 Å². The number of anilines is 1. The number of carbonyl (C=O) groups excluding carboxylic acids is 3. The Morgan fingerprint density at radius 2 is 1.40 bits per heavy atom. The number of hydrogen-bond acceptors (Lipinski definition) is 5. The van der Waals surface area contributed by atoms with Crippen LogP contribution in [0.15, 0.2) is 89.8 Å². The van der Waals surface area contributed by atoms with Crippen molar-refractivity contribution in [3.8, 4) is 0 Å². The van der Waals surface area contributed by atoms with Crippen molar-refractivity contribution in [2.75, 3.05) is 18.4 Å². The molecule has 0 aromatic heterocycles. The van der Waals surface area contributed by atoms with Crippen LogP contribution in [0.25, 0.3) is 10.8 Å². The van der Waals surface area contributed by atoms with Gasteiger partial charge in [0.15, 0.2) is 0 Å². The van der Waals surface area contributed by atoms with Crippen molar-refractivity contribution in [2.45, 2.75) is 39.0 Å². The Morgan fingerprint density at radius 3 is 2.02 bits per heavy atom. The van der Waals surface area contributed by atoms with Crippen LogP contribution in [-0.4, -0.2) is 44.1 Å². The number of hydrogen-bond donors (Lipinski definition) is 2. The second-order valence-electron chi connectivity index (χ2n) is 10.2. The Hall–Kier alpha value is -4.50. The molecule has 0 radical (unpaired) electrons. The van der Waals surface area contributed by atoms with E-state index in [0.717, 1.165) is 16.5 Å². The summed E-state index contributed by atoms with van der Waals surface area (Å²) in [5.41, 5.74) is 3.54. The number of rotatable bonds is 10. The number of benzene rings is 4. The second-order valence-corrected chi connectivity index (χ2v) is 11.8. The number of nitrogens with one attached hydrogen (secondary N) is 2. The first kappa shape index (κ1) is 30.5. The molecule has 0 bridgehead atoms. The Balaban J connectivity index is 1.54. The molecule has 42 heavy (non-hydrogen) atoms. The summed E-state index contributed by atoms with van der Waals surface area (Å²) in [7, 11) is -4.23. The minimum Gasteiger partial charge on any atom is -0.343 e. The Kier molecular flexibility index (Phi) is 9.42. The molecular formula is C33H35N3O5S. The quantitative estimate of drug-likeness (QED) is 0.247. The van der Waals surface area contributed by atoms with Gasteiger partial charge in [-0.05, 0) is 85.8 Å². The number of aryl methyl sites for hydroxylation is 2. The van der Waals surface area contributed by atoms with Gasteiger partial charge < -0.3 is 10.2 Å². The fraction of sp³-hybridized carbons (Fsp3) is 0.242. The molecule has 0 heterocycles. The van der Waals surface area contributed by atoms with Crippen LogP contribution in [0, 0.1) is 19.8 Å². The van der Waals surface area contributed by atoms with Crippen molar-refractivity contribution in [1.29, 1.82) is 0 Å². The van der Waals surface area contributed by atoms with E-state index in [4.69, 9.17) is 0 Å². The van der Waals surface area contributed by atoms with Crippen molar-refractivity contribution in [3.63, 3.8) is 0 Å².